The van der Waals surface area contributed by atoms with Gasteiger partial charge in [-0.15, -0.1) is 0 Å². The topological polar surface area (TPSA) is 68.3 Å². The molecule has 0 aliphatic rings. The average molecular weight is 288 g/mol. The maximum Gasteiger partial charge on any atom is 0.340 e. The zero-order chi connectivity index (χ0) is 15.2. The molecule has 0 saturated heterocycles. The maximum absolute atomic E-state index is 12.7. The smallest absolute Gasteiger partial charge is 0.340 e. The van der Waals surface area contributed by atoms with Crippen LogP contribution >= 0.6 is 0 Å². The normalized spacial score (nSPS) is 10.0. The fourth-order valence-corrected chi connectivity index (χ4v) is 1.53. The molecule has 2 aromatic rings. The maximum atomic E-state index is 12.7. The van der Waals surface area contributed by atoms with E-state index in [4.69, 9.17) is 4.74 Å². The number of carbonyl (C=O) groups excluding carboxylic acids is 2. The number of hydrogen-bond acceptors (Lipinski definition) is 4. The molecule has 0 aliphatic carbocycles. The Bertz CT molecular complexity index is 639. The summed E-state index contributed by atoms with van der Waals surface area (Å²) in [5.41, 5.74) is 1.48. The Balaban J connectivity index is 1.84. The van der Waals surface area contributed by atoms with E-state index in [1.165, 1.54) is 30.5 Å². The first-order chi connectivity index (χ1) is 10.0. The standard InChI is InChI=1S/C15H13FN2O3/c1-10-2-3-11(8-17-10)15(20)21-9-14(19)18-13-6-4-12(16)5-7-13/h2-8H,9H2,1H3,(H,18,19). The predicted octanol–water partition coefficient (Wildman–Crippen LogP) is 2.32. The molecule has 1 aromatic heterocycles. The van der Waals surface area contributed by atoms with Crippen LogP contribution in [0.5, 0.6) is 0 Å². The highest BCUT2D eigenvalue weighted by Crippen LogP contribution is 2.08. The Morgan fingerprint density at radius 3 is 2.52 bits per heavy atom. The van der Waals surface area contributed by atoms with E-state index in [1.54, 1.807) is 19.1 Å². The molecule has 0 spiro atoms. The average Bonchev–Trinajstić information content (AvgIpc) is 2.48. The minimum atomic E-state index is -0.628. The van der Waals surface area contributed by atoms with Crippen molar-refractivity contribution in [2.75, 3.05) is 11.9 Å². The van der Waals surface area contributed by atoms with E-state index in [1.807, 2.05) is 0 Å². The van der Waals surface area contributed by atoms with Crippen molar-refractivity contribution >= 4 is 17.6 Å². The molecule has 108 valence electrons. The molecule has 1 amide bonds. The first-order valence-corrected chi connectivity index (χ1v) is 6.20. The van der Waals surface area contributed by atoms with E-state index in [0.717, 1.165) is 5.69 Å². The number of halogens is 1. The monoisotopic (exact) mass is 288 g/mol. The van der Waals surface area contributed by atoms with E-state index in [-0.39, 0.29) is 5.56 Å². The number of ether oxygens (including phenoxy) is 1. The van der Waals surface area contributed by atoms with Gasteiger partial charge in [0.15, 0.2) is 6.61 Å². The molecule has 5 nitrogen and oxygen atoms in total. The molecule has 1 N–H and O–H groups in total. The lowest BCUT2D eigenvalue weighted by Crippen LogP contribution is -2.21. The van der Waals surface area contributed by atoms with E-state index in [2.05, 4.69) is 10.3 Å². The molecule has 0 saturated carbocycles. The van der Waals surface area contributed by atoms with Gasteiger partial charge in [0.25, 0.3) is 5.91 Å². The van der Waals surface area contributed by atoms with Crippen LogP contribution < -0.4 is 5.32 Å². The van der Waals surface area contributed by atoms with Crippen molar-refractivity contribution in [2.24, 2.45) is 0 Å². The zero-order valence-electron chi connectivity index (χ0n) is 11.3. The van der Waals surface area contributed by atoms with Crippen molar-refractivity contribution in [3.05, 3.63) is 59.7 Å². The van der Waals surface area contributed by atoms with Crippen LogP contribution in [0.15, 0.2) is 42.6 Å². The SMILES string of the molecule is Cc1ccc(C(=O)OCC(=O)Nc2ccc(F)cc2)cn1. The third-order valence-corrected chi connectivity index (χ3v) is 2.61. The van der Waals surface area contributed by atoms with Crippen molar-refractivity contribution < 1.29 is 18.7 Å². The van der Waals surface area contributed by atoms with Gasteiger partial charge in [-0.1, -0.05) is 0 Å². The molecule has 0 unspecified atom stereocenters. The van der Waals surface area contributed by atoms with Crippen molar-refractivity contribution in [3.63, 3.8) is 0 Å². The number of esters is 1. The second-order valence-electron chi connectivity index (χ2n) is 4.32. The van der Waals surface area contributed by atoms with E-state index < -0.39 is 24.3 Å². The molecular formula is C15H13FN2O3. The van der Waals surface area contributed by atoms with Gasteiger partial charge in [-0.25, -0.2) is 9.18 Å². The number of carbonyl (C=O) groups is 2. The quantitative estimate of drug-likeness (QED) is 0.877. The van der Waals surface area contributed by atoms with Gasteiger partial charge in [0.1, 0.15) is 5.82 Å². The summed E-state index contributed by atoms with van der Waals surface area (Å²) in [6.07, 6.45) is 1.38. The number of anilines is 1. The van der Waals surface area contributed by atoms with Gasteiger partial charge in [0, 0.05) is 17.6 Å². The highest BCUT2D eigenvalue weighted by Gasteiger charge is 2.10. The van der Waals surface area contributed by atoms with Gasteiger partial charge in [-0.2, -0.15) is 0 Å². The Morgan fingerprint density at radius 1 is 1.19 bits per heavy atom. The van der Waals surface area contributed by atoms with Crippen LogP contribution in [0.2, 0.25) is 0 Å². The van der Waals surface area contributed by atoms with Gasteiger partial charge in [0.2, 0.25) is 0 Å². The summed E-state index contributed by atoms with van der Waals surface area (Å²) in [6.45, 7) is 1.37. The van der Waals surface area contributed by atoms with Crippen LogP contribution in [0.25, 0.3) is 0 Å². The molecule has 21 heavy (non-hydrogen) atoms. The lowest BCUT2D eigenvalue weighted by Gasteiger charge is -2.06. The molecule has 1 aromatic carbocycles. The third-order valence-electron chi connectivity index (χ3n) is 2.61. The van der Waals surface area contributed by atoms with Crippen LogP contribution in [0, 0.1) is 12.7 Å². The number of hydrogen-bond donors (Lipinski definition) is 1. The summed E-state index contributed by atoms with van der Waals surface area (Å²) in [6, 6.07) is 8.52. The first kappa shape index (κ1) is 14.6. The number of aryl methyl sites for hydroxylation is 1. The van der Waals surface area contributed by atoms with Gasteiger partial charge >= 0.3 is 5.97 Å². The van der Waals surface area contributed by atoms with Crippen LogP contribution in [0.3, 0.4) is 0 Å². The predicted molar refractivity (Wildman–Crippen MR) is 74.3 cm³/mol. The summed E-state index contributed by atoms with van der Waals surface area (Å²) >= 11 is 0. The molecule has 0 radical (unpaired) electrons. The fraction of sp³-hybridized carbons (Fsp3) is 0.133. The van der Waals surface area contributed by atoms with Gasteiger partial charge in [-0.3, -0.25) is 9.78 Å². The number of amides is 1. The highest BCUT2D eigenvalue weighted by atomic mass is 19.1. The second-order valence-corrected chi connectivity index (χ2v) is 4.32. The minimum Gasteiger partial charge on any atom is -0.452 e. The number of benzene rings is 1. The lowest BCUT2D eigenvalue weighted by molar-refractivity contribution is -0.119. The molecule has 0 atom stereocenters. The van der Waals surface area contributed by atoms with Gasteiger partial charge in [0.05, 0.1) is 5.56 Å². The molecular weight excluding hydrogens is 275 g/mol. The molecule has 1 heterocycles. The summed E-state index contributed by atoms with van der Waals surface area (Å²) in [4.78, 5) is 27.2. The lowest BCUT2D eigenvalue weighted by atomic mass is 10.2. The van der Waals surface area contributed by atoms with Crippen LogP contribution in [0.1, 0.15) is 16.1 Å². The Kier molecular flexibility index (Phi) is 4.61. The largest absolute Gasteiger partial charge is 0.452 e. The van der Waals surface area contributed by atoms with Crippen molar-refractivity contribution in [3.8, 4) is 0 Å². The molecule has 6 heteroatoms. The van der Waals surface area contributed by atoms with E-state index in [9.17, 15) is 14.0 Å². The summed E-state index contributed by atoms with van der Waals surface area (Å²) < 4.78 is 17.6. The Labute approximate surface area is 120 Å². The first-order valence-electron chi connectivity index (χ1n) is 6.20. The summed E-state index contributed by atoms with van der Waals surface area (Å²) in [5.74, 6) is -1.53. The molecule has 0 fully saturated rings. The molecule has 0 aliphatic heterocycles. The van der Waals surface area contributed by atoms with E-state index >= 15 is 0 Å². The second kappa shape index (κ2) is 6.60. The fourth-order valence-electron chi connectivity index (χ4n) is 1.53. The van der Waals surface area contributed by atoms with Crippen molar-refractivity contribution in [2.45, 2.75) is 6.92 Å². The Hall–Kier alpha value is -2.76. The van der Waals surface area contributed by atoms with E-state index in [0.29, 0.717) is 5.69 Å². The number of rotatable bonds is 4. The van der Waals surface area contributed by atoms with Crippen LogP contribution in [0.4, 0.5) is 10.1 Å². The van der Waals surface area contributed by atoms with Crippen LogP contribution in [-0.2, 0) is 9.53 Å². The third kappa shape index (κ3) is 4.38. The van der Waals surface area contributed by atoms with Gasteiger partial charge < -0.3 is 10.1 Å². The number of nitrogens with zero attached hydrogens (tertiary/aromatic N) is 1. The van der Waals surface area contributed by atoms with Crippen molar-refractivity contribution in [1.82, 2.24) is 4.98 Å². The number of pyridine rings is 1. The number of nitrogens with one attached hydrogen (secondary N) is 1. The minimum absolute atomic E-state index is 0.273. The van der Waals surface area contributed by atoms with Crippen molar-refractivity contribution in [1.29, 1.82) is 0 Å². The Morgan fingerprint density at radius 2 is 1.90 bits per heavy atom. The summed E-state index contributed by atoms with van der Waals surface area (Å²) in [7, 11) is 0. The van der Waals surface area contributed by atoms with Gasteiger partial charge in [-0.05, 0) is 43.3 Å². The van der Waals surface area contributed by atoms with Crippen LogP contribution in [-0.4, -0.2) is 23.5 Å². The molecule has 2 rings (SSSR count). The molecule has 0 bridgehead atoms. The summed E-state index contributed by atoms with van der Waals surface area (Å²) in [5, 5.41) is 2.49. The highest BCUT2D eigenvalue weighted by molar-refractivity contribution is 5.95. The zero-order valence-corrected chi connectivity index (χ0v) is 11.3. The number of aromatic nitrogens is 1.